The Morgan fingerprint density at radius 2 is 1.86 bits per heavy atom. The number of carbonyl (C=O) groups excluding carboxylic acids is 2. The molecule has 112 valence electrons. The molecule has 1 aliphatic carbocycles. The molecule has 1 unspecified atom stereocenters. The van der Waals surface area contributed by atoms with Crippen LogP contribution < -0.4 is 5.32 Å². The van der Waals surface area contributed by atoms with Gasteiger partial charge in [-0.1, -0.05) is 43.2 Å². The lowest BCUT2D eigenvalue weighted by atomic mass is 9.93. The average molecular weight is 286 g/mol. The fourth-order valence-corrected chi connectivity index (χ4v) is 2.97. The second-order valence-electron chi connectivity index (χ2n) is 6.66. The smallest absolute Gasteiger partial charge is 0.248 e. The monoisotopic (exact) mass is 286 g/mol. The topological polar surface area (TPSA) is 49.4 Å². The molecule has 1 aliphatic heterocycles. The summed E-state index contributed by atoms with van der Waals surface area (Å²) in [6.07, 6.45) is 3.51. The van der Waals surface area contributed by atoms with Gasteiger partial charge in [0.25, 0.3) is 0 Å². The SMILES string of the molecule is CC1(C)NC(=O)C(c2ccccc2)N(CCC2CC2)C1=O. The Bertz CT molecular complexity index is 549. The van der Waals surface area contributed by atoms with E-state index in [1.54, 1.807) is 18.7 Å². The number of nitrogens with zero attached hydrogens (tertiary/aromatic N) is 1. The Hall–Kier alpha value is -1.84. The average Bonchev–Trinajstić information content (AvgIpc) is 3.26. The largest absolute Gasteiger partial charge is 0.340 e. The van der Waals surface area contributed by atoms with Gasteiger partial charge in [0.1, 0.15) is 11.6 Å². The van der Waals surface area contributed by atoms with Crippen LogP contribution in [0.2, 0.25) is 0 Å². The highest BCUT2D eigenvalue weighted by Crippen LogP contribution is 2.35. The number of carbonyl (C=O) groups is 2. The van der Waals surface area contributed by atoms with E-state index in [-0.39, 0.29) is 11.8 Å². The molecule has 0 radical (unpaired) electrons. The van der Waals surface area contributed by atoms with Crippen LogP contribution in [0.15, 0.2) is 30.3 Å². The quantitative estimate of drug-likeness (QED) is 0.923. The van der Waals surface area contributed by atoms with E-state index in [0.717, 1.165) is 17.9 Å². The van der Waals surface area contributed by atoms with Gasteiger partial charge in [-0.2, -0.15) is 0 Å². The summed E-state index contributed by atoms with van der Waals surface area (Å²) < 4.78 is 0. The van der Waals surface area contributed by atoms with E-state index >= 15 is 0 Å². The van der Waals surface area contributed by atoms with Gasteiger partial charge >= 0.3 is 0 Å². The summed E-state index contributed by atoms with van der Waals surface area (Å²) in [7, 11) is 0. The van der Waals surface area contributed by atoms with E-state index < -0.39 is 11.6 Å². The van der Waals surface area contributed by atoms with Crippen LogP contribution in [-0.2, 0) is 9.59 Å². The molecule has 21 heavy (non-hydrogen) atoms. The highest BCUT2D eigenvalue weighted by molar-refractivity contribution is 5.99. The maximum atomic E-state index is 12.7. The van der Waals surface area contributed by atoms with Gasteiger partial charge < -0.3 is 10.2 Å². The fourth-order valence-electron chi connectivity index (χ4n) is 2.97. The predicted octanol–water partition coefficient (Wildman–Crippen LogP) is 2.26. The Morgan fingerprint density at radius 1 is 1.19 bits per heavy atom. The van der Waals surface area contributed by atoms with Crippen molar-refractivity contribution < 1.29 is 9.59 Å². The first-order chi connectivity index (χ1) is 9.99. The first kappa shape index (κ1) is 14.1. The van der Waals surface area contributed by atoms with Gasteiger partial charge in [0.05, 0.1) is 0 Å². The zero-order valence-corrected chi connectivity index (χ0v) is 12.6. The van der Waals surface area contributed by atoms with Crippen LogP contribution in [0.1, 0.15) is 44.7 Å². The highest BCUT2D eigenvalue weighted by atomic mass is 16.2. The minimum Gasteiger partial charge on any atom is -0.340 e. The molecule has 1 saturated carbocycles. The van der Waals surface area contributed by atoms with E-state index in [0.29, 0.717) is 6.54 Å². The number of benzene rings is 1. The molecule has 0 spiro atoms. The summed E-state index contributed by atoms with van der Waals surface area (Å²) in [5.41, 5.74) is 0.0704. The van der Waals surface area contributed by atoms with Crippen molar-refractivity contribution in [2.24, 2.45) is 5.92 Å². The third-order valence-electron chi connectivity index (χ3n) is 4.38. The second kappa shape index (κ2) is 5.17. The molecule has 4 heteroatoms. The van der Waals surface area contributed by atoms with E-state index in [4.69, 9.17) is 0 Å². The van der Waals surface area contributed by atoms with Crippen molar-refractivity contribution >= 4 is 11.8 Å². The maximum absolute atomic E-state index is 12.7. The molecule has 1 saturated heterocycles. The Kier molecular flexibility index (Phi) is 3.47. The molecule has 0 bridgehead atoms. The van der Waals surface area contributed by atoms with Crippen LogP contribution in [0.5, 0.6) is 0 Å². The third-order valence-corrected chi connectivity index (χ3v) is 4.38. The van der Waals surface area contributed by atoms with Crippen LogP contribution in [0.25, 0.3) is 0 Å². The van der Waals surface area contributed by atoms with Crippen LogP contribution in [0, 0.1) is 5.92 Å². The third kappa shape index (κ3) is 2.80. The number of rotatable bonds is 4. The van der Waals surface area contributed by atoms with Crippen molar-refractivity contribution in [3.8, 4) is 0 Å². The lowest BCUT2D eigenvalue weighted by Crippen LogP contribution is -2.64. The molecule has 1 N–H and O–H groups in total. The van der Waals surface area contributed by atoms with Crippen molar-refractivity contribution in [2.75, 3.05) is 6.54 Å². The van der Waals surface area contributed by atoms with Crippen molar-refractivity contribution in [1.29, 1.82) is 0 Å². The molecule has 1 atom stereocenters. The fraction of sp³-hybridized carbons (Fsp3) is 0.529. The summed E-state index contributed by atoms with van der Waals surface area (Å²) in [4.78, 5) is 27.0. The van der Waals surface area contributed by atoms with Crippen LogP contribution >= 0.6 is 0 Å². The molecular weight excluding hydrogens is 264 g/mol. The number of nitrogens with one attached hydrogen (secondary N) is 1. The van der Waals surface area contributed by atoms with E-state index in [1.807, 2.05) is 30.3 Å². The molecule has 1 aromatic rings. The lowest BCUT2D eigenvalue weighted by Gasteiger charge is -2.43. The van der Waals surface area contributed by atoms with E-state index in [2.05, 4.69) is 5.32 Å². The zero-order chi connectivity index (χ0) is 15.0. The van der Waals surface area contributed by atoms with Gasteiger partial charge in [0.2, 0.25) is 11.8 Å². The van der Waals surface area contributed by atoms with Crippen molar-refractivity contribution in [1.82, 2.24) is 10.2 Å². The van der Waals surface area contributed by atoms with Crippen molar-refractivity contribution in [3.05, 3.63) is 35.9 Å². The molecule has 0 aromatic heterocycles. The molecule has 1 aromatic carbocycles. The van der Waals surface area contributed by atoms with Gasteiger partial charge in [0.15, 0.2) is 0 Å². The van der Waals surface area contributed by atoms with Crippen LogP contribution in [0.4, 0.5) is 0 Å². The minimum absolute atomic E-state index is 0.0107. The lowest BCUT2D eigenvalue weighted by molar-refractivity contribution is -0.154. The Morgan fingerprint density at radius 3 is 2.48 bits per heavy atom. The number of hydrogen-bond acceptors (Lipinski definition) is 2. The highest BCUT2D eigenvalue weighted by Gasteiger charge is 2.45. The molecule has 1 heterocycles. The number of hydrogen-bond donors (Lipinski definition) is 1. The normalized spacial score (nSPS) is 24.9. The summed E-state index contributed by atoms with van der Waals surface area (Å²) >= 11 is 0. The molecule has 3 rings (SSSR count). The van der Waals surface area contributed by atoms with Gasteiger partial charge in [-0.15, -0.1) is 0 Å². The van der Waals surface area contributed by atoms with Gasteiger partial charge in [-0.3, -0.25) is 9.59 Å². The van der Waals surface area contributed by atoms with Crippen molar-refractivity contribution in [3.63, 3.8) is 0 Å². The predicted molar refractivity (Wildman–Crippen MR) is 80.5 cm³/mol. The van der Waals surface area contributed by atoms with Crippen molar-refractivity contribution in [2.45, 2.75) is 44.7 Å². The van der Waals surface area contributed by atoms with E-state index in [1.165, 1.54) is 12.8 Å². The van der Waals surface area contributed by atoms with Crippen LogP contribution in [0.3, 0.4) is 0 Å². The molecule has 4 nitrogen and oxygen atoms in total. The minimum atomic E-state index is -0.814. The van der Waals surface area contributed by atoms with Gasteiger partial charge in [-0.25, -0.2) is 0 Å². The van der Waals surface area contributed by atoms with E-state index in [9.17, 15) is 9.59 Å². The maximum Gasteiger partial charge on any atom is 0.248 e. The summed E-state index contributed by atoms with van der Waals surface area (Å²) in [6, 6.07) is 9.08. The number of piperazine rings is 1. The Balaban J connectivity index is 1.89. The summed E-state index contributed by atoms with van der Waals surface area (Å²) in [6.45, 7) is 4.22. The zero-order valence-electron chi connectivity index (χ0n) is 12.6. The Labute approximate surface area is 125 Å². The van der Waals surface area contributed by atoms with Gasteiger partial charge in [-0.05, 0) is 31.7 Å². The molecule has 2 fully saturated rings. The number of amides is 2. The summed E-state index contributed by atoms with van der Waals surface area (Å²) in [5, 5.41) is 2.86. The first-order valence-corrected chi connectivity index (χ1v) is 7.67. The molecule has 2 aliphatic rings. The van der Waals surface area contributed by atoms with Gasteiger partial charge in [0, 0.05) is 6.54 Å². The molecular formula is C17H22N2O2. The standard InChI is InChI=1S/C17H22N2O2/c1-17(2)16(21)19(11-10-12-8-9-12)14(15(20)18-17)13-6-4-3-5-7-13/h3-7,12,14H,8-11H2,1-2H3,(H,18,20). The first-order valence-electron chi connectivity index (χ1n) is 7.67. The second-order valence-corrected chi connectivity index (χ2v) is 6.66. The molecule has 2 amide bonds. The van der Waals surface area contributed by atoms with Crippen LogP contribution in [-0.4, -0.2) is 28.8 Å². The summed E-state index contributed by atoms with van der Waals surface area (Å²) in [5.74, 6) is 0.667.